The van der Waals surface area contributed by atoms with Gasteiger partial charge in [0.15, 0.2) is 0 Å². The first kappa shape index (κ1) is 19.0. The van der Waals surface area contributed by atoms with Crippen LogP contribution in [0.25, 0.3) is 0 Å². The summed E-state index contributed by atoms with van der Waals surface area (Å²) in [7, 11) is 0. The van der Waals surface area contributed by atoms with Crippen molar-refractivity contribution in [2.45, 2.75) is 6.42 Å². The molecule has 0 bridgehead atoms. The molecular weight excluding hydrogens is 388 g/mol. The van der Waals surface area contributed by atoms with Gasteiger partial charge in [0.25, 0.3) is 0 Å². The Morgan fingerprint density at radius 1 is 0.966 bits per heavy atom. The quantitative estimate of drug-likeness (QED) is 0.639. The minimum atomic E-state index is -0.415. The van der Waals surface area contributed by atoms with Gasteiger partial charge in [0.2, 0.25) is 11.8 Å². The minimum Gasteiger partial charge on any atom is -0.457 e. The molecule has 1 heterocycles. The molecule has 0 saturated carbocycles. The van der Waals surface area contributed by atoms with Crippen LogP contribution in [0, 0.1) is 5.92 Å². The Morgan fingerprint density at radius 3 is 2.41 bits per heavy atom. The molecule has 0 radical (unpaired) electrons. The van der Waals surface area contributed by atoms with Crippen molar-refractivity contribution in [2.75, 3.05) is 16.8 Å². The molecule has 0 spiro atoms. The maximum absolute atomic E-state index is 12.6. The lowest BCUT2D eigenvalue weighted by atomic mass is 10.1. The summed E-state index contributed by atoms with van der Waals surface area (Å²) < 4.78 is 5.75. The summed E-state index contributed by atoms with van der Waals surface area (Å²) in [6.45, 7) is 0.334. The molecule has 1 fully saturated rings. The maximum atomic E-state index is 12.6. The number of carbonyl (C=O) groups is 2. The molecular formula is C23H19ClN2O3. The molecule has 0 unspecified atom stereocenters. The van der Waals surface area contributed by atoms with Crippen LogP contribution in [-0.4, -0.2) is 18.4 Å². The van der Waals surface area contributed by atoms with Crippen LogP contribution in [0.4, 0.5) is 11.4 Å². The first-order chi connectivity index (χ1) is 14.1. The van der Waals surface area contributed by atoms with Gasteiger partial charge < -0.3 is 15.0 Å². The molecule has 146 valence electrons. The normalized spacial score (nSPS) is 16.0. The number of rotatable bonds is 5. The molecule has 29 heavy (non-hydrogen) atoms. The second-order valence-electron chi connectivity index (χ2n) is 6.81. The zero-order valence-electron chi connectivity index (χ0n) is 15.5. The third kappa shape index (κ3) is 4.58. The van der Waals surface area contributed by atoms with E-state index in [1.165, 1.54) is 0 Å². The van der Waals surface area contributed by atoms with E-state index in [1.54, 1.807) is 47.4 Å². The molecule has 1 saturated heterocycles. The summed E-state index contributed by atoms with van der Waals surface area (Å²) in [6, 6.07) is 23.7. The van der Waals surface area contributed by atoms with Crippen molar-refractivity contribution in [1.82, 2.24) is 0 Å². The summed E-state index contributed by atoms with van der Waals surface area (Å²) in [6.07, 6.45) is 0.174. The number of amides is 2. The number of carbonyl (C=O) groups excluding carboxylic acids is 2. The van der Waals surface area contributed by atoms with Gasteiger partial charge in [-0.15, -0.1) is 0 Å². The molecule has 2 amide bonds. The van der Waals surface area contributed by atoms with E-state index in [2.05, 4.69) is 5.32 Å². The largest absolute Gasteiger partial charge is 0.457 e. The highest BCUT2D eigenvalue weighted by molar-refractivity contribution is 6.31. The van der Waals surface area contributed by atoms with Crippen molar-refractivity contribution >= 4 is 34.8 Å². The fourth-order valence-corrected chi connectivity index (χ4v) is 3.44. The predicted molar refractivity (Wildman–Crippen MR) is 113 cm³/mol. The van der Waals surface area contributed by atoms with E-state index in [9.17, 15) is 9.59 Å². The molecule has 4 rings (SSSR count). The highest BCUT2D eigenvalue weighted by Crippen LogP contribution is 2.28. The number of ether oxygens (including phenoxy) is 1. The number of nitrogens with one attached hydrogen (secondary N) is 1. The smallest absolute Gasteiger partial charge is 0.229 e. The van der Waals surface area contributed by atoms with Crippen LogP contribution >= 0.6 is 11.6 Å². The van der Waals surface area contributed by atoms with Crippen LogP contribution < -0.4 is 15.0 Å². The average molecular weight is 407 g/mol. The van der Waals surface area contributed by atoms with E-state index >= 15 is 0 Å². The highest BCUT2D eigenvalue weighted by Gasteiger charge is 2.35. The van der Waals surface area contributed by atoms with E-state index in [0.29, 0.717) is 28.7 Å². The van der Waals surface area contributed by atoms with Gasteiger partial charge in [0.1, 0.15) is 11.5 Å². The Kier molecular flexibility index (Phi) is 5.49. The molecule has 0 aliphatic carbocycles. The van der Waals surface area contributed by atoms with Crippen LogP contribution in [0.2, 0.25) is 5.02 Å². The van der Waals surface area contributed by atoms with E-state index in [0.717, 1.165) is 5.75 Å². The summed E-state index contributed by atoms with van der Waals surface area (Å²) in [5.41, 5.74) is 1.37. The lowest BCUT2D eigenvalue weighted by Crippen LogP contribution is -2.28. The number of nitrogens with zero attached hydrogens (tertiary/aromatic N) is 1. The van der Waals surface area contributed by atoms with Crippen LogP contribution in [-0.2, 0) is 9.59 Å². The number of benzene rings is 3. The maximum Gasteiger partial charge on any atom is 0.229 e. The van der Waals surface area contributed by atoms with Gasteiger partial charge in [-0.05, 0) is 54.6 Å². The average Bonchev–Trinajstić information content (AvgIpc) is 3.12. The summed E-state index contributed by atoms with van der Waals surface area (Å²) in [5, 5.41) is 3.44. The van der Waals surface area contributed by atoms with E-state index in [-0.39, 0.29) is 18.2 Å². The number of hydrogen-bond donors (Lipinski definition) is 1. The summed E-state index contributed by atoms with van der Waals surface area (Å²) >= 11 is 6.01. The molecule has 1 aliphatic heterocycles. The van der Waals surface area contributed by atoms with Crippen molar-refractivity contribution in [2.24, 2.45) is 5.92 Å². The van der Waals surface area contributed by atoms with Crippen LogP contribution in [0.3, 0.4) is 0 Å². The van der Waals surface area contributed by atoms with E-state index < -0.39 is 5.92 Å². The molecule has 0 aromatic heterocycles. The standard InChI is InChI=1S/C23H19ClN2O3/c24-17-5-4-6-19(14-17)26-15-16(13-22(26)27)23(28)25-18-9-11-21(12-10-18)29-20-7-2-1-3-8-20/h1-12,14,16H,13,15H2,(H,25,28)/t16-/m0/s1. The monoisotopic (exact) mass is 406 g/mol. The predicted octanol–water partition coefficient (Wildman–Crippen LogP) is 5.12. The highest BCUT2D eigenvalue weighted by atomic mass is 35.5. The number of halogens is 1. The fraction of sp³-hybridized carbons (Fsp3) is 0.130. The van der Waals surface area contributed by atoms with Crippen LogP contribution in [0.5, 0.6) is 11.5 Å². The first-order valence-corrected chi connectivity index (χ1v) is 9.66. The fourth-order valence-electron chi connectivity index (χ4n) is 3.25. The van der Waals surface area contributed by atoms with Crippen LogP contribution in [0.15, 0.2) is 78.9 Å². The van der Waals surface area contributed by atoms with E-state index in [1.807, 2.05) is 36.4 Å². The van der Waals surface area contributed by atoms with Gasteiger partial charge in [-0.25, -0.2) is 0 Å². The van der Waals surface area contributed by atoms with Crippen molar-refractivity contribution in [3.05, 3.63) is 83.9 Å². The molecule has 6 heteroatoms. The molecule has 1 aliphatic rings. The topological polar surface area (TPSA) is 58.6 Å². The molecule has 5 nitrogen and oxygen atoms in total. The Bertz CT molecular complexity index is 1020. The molecule has 3 aromatic rings. The van der Waals surface area contributed by atoms with Gasteiger partial charge in [-0.1, -0.05) is 35.9 Å². The zero-order chi connectivity index (χ0) is 20.2. The molecule has 1 atom stereocenters. The zero-order valence-corrected chi connectivity index (χ0v) is 16.3. The van der Waals surface area contributed by atoms with Crippen molar-refractivity contribution < 1.29 is 14.3 Å². The Morgan fingerprint density at radius 2 is 1.69 bits per heavy atom. The molecule has 3 aromatic carbocycles. The van der Waals surface area contributed by atoms with Crippen molar-refractivity contribution in [1.29, 1.82) is 0 Å². The van der Waals surface area contributed by atoms with Gasteiger partial charge in [-0.3, -0.25) is 9.59 Å². The van der Waals surface area contributed by atoms with E-state index in [4.69, 9.17) is 16.3 Å². The van der Waals surface area contributed by atoms with Crippen LogP contribution in [0.1, 0.15) is 6.42 Å². The van der Waals surface area contributed by atoms with Gasteiger partial charge in [0.05, 0.1) is 5.92 Å². The third-order valence-corrected chi connectivity index (χ3v) is 4.95. The Balaban J connectivity index is 1.37. The lowest BCUT2D eigenvalue weighted by Gasteiger charge is -2.17. The second kappa shape index (κ2) is 8.37. The van der Waals surface area contributed by atoms with Crippen molar-refractivity contribution in [3.8, 4) is 11.5 Å². The van der Waals surface area contributed by atoms with Crippen molar-refractivity contribution in [3.63, 3.8) is 0 Å². The second-order valence-corrected chi connectivity index (χ2v) is 7.25. The first-order valence-electron chi connectivity index (χ1n) is 9.28. The van der Waals surface area contributed by atoms with Gasteiger partial charge >= 0.3 is 0 Å². The SMILES string of the molecule is O=C(Nc1ccc(Oc2ccccc2)cc1)[C@H]1CC(=O)N(c2cccc(Cl)c2)C1. The minimum absolute atomic E-state index is 0.0842. The van der Waals surface area contributed by atoms with Gasteiger partial charge in [0, 0.05) is 29.4 Å². The third-order valence-electron chi connectivity index (χ3n) is 4.72. The summed E-state index contributed by atoms with van der Waals surface area (Å²) in [5.74, 6) is 0.743. The number of para-hydroxylation sites is 1. The molecule has 1 N–H and O–H groups in total. The number of anilines is 2. The van der Waals surface area contributed by atoms with Gasteiger partial charge in [-0.2, -0.15) is 0 Å². The lowest BCUT2D eigenvalue weighted by molar-refractivity contribution is -0.122. The summed E-state index contributed by atoms with van der Waals surface area (Å²) in [4.78, 5) is 26.6. The Hall–Kier alpha value is -3.31. The Labute approximate surface area is 173 Å². The number of hydrogen-bond acceptors (Lipinski definition) is 3.